The third-order valence-corrected chi connectivity index (χ3v) is 4.36. The topological polar surface area (TPSA) is 51.0 Å². The number of benzene rings is 2. The molecule has 0 aliphatic rings. The summed E-state index contributed by atoms with van der Waals surface area (Å²) in [6, 6.07) is 19.9. The number of nitrogens with one attached hydrogen (secondary N) is 1. The number of anilines is 1. The van der Waals surface area contributed by atoms with Gasteiger partial charge in [-0.15, -0.1) is 0 Å². The molecule has 0 atom stereocenters. The van der Waals surface area contributed by atoms with Gasteiger partial charge in [0.05, 0.1) is 6.54 Å². The van der Waals surface area contributed by atoms with Crippen LogP contribution in [-0.4, -0.2) is 10.1 Å². The second-order valence-corrected chi connectivity index (χ2v) is 6.35. The zero-order valence-electron chi connectivity index (χ0n) is 13.8. The van der Waals surface area contributed by atoms with E-state index in [1.807, 2.05) is 71.4 Å². The number of nitrogens with zero attached hydrogens (tertiary/aromatic N) is 2. The van der Waals surface area contributed by atoms with Gasteiger partial charge < -0.3 is 9.84 Å². The lowest BCUT2D eigenvalue weighted by atomic mass is 10.1. The van der Waals surface area contributed by atoms with Gasteiger partial charge in [0.15, 0.2) is 0 Å². The quantitative estimate of drug-likeness (QED) is 0.533. The summed E-state index contributed by atoms with van der Waals surface area (Å²) in [6.45, 7) is 0.465. The van der Waals surface area contributed by atoms with Crippen molar-refractivity contribution in [1.82, 2.24) is 10.1 Å². The lowest BCUT2D eigenvalue weighted by Gasteiger charge is -2.03. The summed E-state index contributed by atoms with van der Waals surface area (Å²) in [5, 5.41) is 11.3. The first kappa shape index (κ1) is 16.1. The van der Waals surface area contributed by atoms with Crippen molar-refractivity contribution in [2.75, 3.05) is 5.32 Å². The smallest absolute Gasteiger partial charge is 0.246 e. The van der Waals surface area contributed by atoms with Crippen LogP contribution in [0.15, 0.2) is 75.9 Å². The molecule has 4 nitrogen and oxygen atoms in total. The van der Waals surface area contributed by atoms with Gasteiger partial charge >= 0.3 is 0 Å². The first-order valence-electron chi connectivity index (χ1n) is 8.13. The number of aromatic nitrogens is 2. The highest BCUT2D eigenvalue weighted by Crippen LogP contribution is 2.19. The largest absolute Gasteiger partial charge is 0.376 e. The lowest BCUT2D eigenvalue weighted by molar-refractivity contribution is 0.384. The average molecular weight is 357 g/mol. The Kier molecular flexibility index (Phi) is 4.77. The van der Waals surface area contributed by atoms with E-state index in [0.717, 1.165) is 22.4 Å². The highest BCUT2D eigenvalue weighted by atomic mass is 32.1. The van der Waals surface area contributed by atoms with E-state index in [0.29, 0.717) is 18.3 Å². The highest BCUT2D eigenvalue weighted by molar-refractivity contribution is 7.08. The molecule has 2 aromatic carbocycles. The Hall–Kier alpha value is -3.36. The van der Waals surface area contributed by atoms with Crippen LogP contribution in [0, 0.1) is 11.8 Å². The first-order chi connectivity index (χ1) is 12.9. The van der Waals surface area contributed by atoms with E-state index in [9.17, 15) is 0 Å². The Balaban J connectivity index is 1.42. The van der Waals surface area contributed by atoms with E-state index in [1.165, 1.54) is 0 Å². The Morgan fingerprint density at radius 3 is 2.65 bits per heavy atom. The van der Waals surface area contributed by atoms with Crippen molar-refractivity contribution in [3.05, 3.63) is 88.4 Å². The van der Waals surface area contributed by atoms with E-state index in [-0.39, 0.29) is 0 Å². The van der Waals surface area contributed by atoms with Gasteiger partial charge in [-0.3, -0.25) is 0 Å². The molecule has 0 aliphatic heterocycles. The van der Waals surface area contributed by atoms with Crippen molar-refractivity contribution >= 4 is 17.0 Å². The van der Waals surface area contributed by atoms with Crippen molar-refractivity contribution < 1.29 is 4.52 Å². The van der Waals surface area contributed by atoms with Crippen molar-refractivity contribution in [2.24, 2.45) is 0 Å². The van der Waals surface area contributed by atoms with Crippen molar-refractivity contribution in [3.8, 4) is 23.2 Å². The SMILES string of the molecule is C(#Cc1cccc(NCc2nc(-c3ccsc3)no2)c1)c1ccccc1. The molecule has 4 rings (SSSR count). The summed E-state index contributed by atoms with van der Waals surface area (Å²) in [5.41, 5.74) is 3.88. The fourth-order valence-electron chi connectivity index (χ4n) is 2.39. The van der Waals surface area contributed by atoms with E-state index in [2.05, 4.69) is 27.3 Å². The molecule has 0 radical (unpaired) electrons. The van der Waals surface area contributed by atoms with Crippen LogP contribution in [0.25, 0.3) is 11.4 Å². The van der Waals surface area contributed by atoms with Gasteiger partial charge in [-0.05, 0) is 41.8 Å². The summed E-state index contributed by atoms with van der Waals surface area (Å²) >= 11 is 1.61. The van der Waals surface area contributed by atoms with E-state index in [4.69, 9.17) is 4.52 Å². The van der Waals surface area contributed by atoms with Gasteiger partial charge in [-0.1, -0.05) is 41.3 Å². The van der Waals surface area contributed by atoms with E-state index >= 15 is 0 Å². The summed E-state index contributed by atoms with van der Waals surface area (Å²) in [6.07, 6.45) is 0. The summed E-state index contributed by atoms with van der Waals surface area (Å²) in [5.74, 6) is 7.51. The minimum absolute atomic E-state index is 0.465. The molecule has 2 heterocycles. The molecule has 2 aromatic heterocycles. The number of thiophene rings is 1. The summed E-state index contributed by atoms with van der Waals surface area (Å²) in [7, 11) is 0. The van der Waals surface area contributed by atoms with Crippen LogP contribution in [0.2, 0.25) is 0 Å². The van der Waals surface area contributed by atoms with Crippen LogP contribution in [0.1, 0.15) is 17.0 Å². The van der Waals surface area contributed by atoms with Gasteiger partial charge in [0, 0.05) is 27.8 Å². The maximum absolute atomic E-state index is 5.30. The van der Waals surface area contributed by atoms with Crippen molar-refractivity contribution in [2.45, 2.75) is 6.54 Å². The third kappa shape index (κ3) is 4.00. The fraction of sp³-hybridized carbons (Fsp3) is 0.0476. The molecular formula is C21H15N3OS. The van der Waals surface area contributed by atoms with Crippen LogP contribution in [-0.2, 0) is 6.54 Å². The van der Waals surface area contributed by atoms with E-state index < -0.39 is 0 Å². The lowest BCUT2D eigenvalue weighted by Crippen LogP contribution is -1.99. The molecule has 5 heteroatoms. The minimum atomic E-state index is 0.465. The maximum Gasteiger partial charge on any atom is 0.246 e. The Bertz CT molecular complexity index is 1040. The van der Waals surface area contributed by atoms with Gasteiger partial charge in [0.25, 0.3) is 0 Å². The van der Waals surface area contributed by atoms with Gasteiger partial charge in [0.2, 0.25) is 11.7 Å². The van der Waals surface area contributed by atoms with Crippen LogP contribution in [0.4, 0.5) is 5.69 Å². The van der Waals surface area contributed by atoms with Crippen LogP contribution in [0.3, 0.4) is 0 Å². The summed E-state index contributed by atoms with van der Waals surface area (Å²) < 4.78 is 5.30. The minimum Gasteiger partial charge on any atom is -0.376 e. The number of hydrogen-bond acceptors (Lipinski definition) is 5. The molecule has 1 N–H and O–H groups in total. The molecular weight excluding hydrogens is 342 g/mol. The normalized spacial score (nSPS) is 10.2. The molecule has 126 valence electrons. The van der Waals surface area contributed by atoms with Crippen molar-refractivity contribution in [3.63, 3.8) is 0 Å². The number of hydrogen-bond donors (Lipinski definition) is 1. The molecule has 0 saturated carbocycles. The zero-order chi connectivity index (χ0) is 17.6. The monoisotopic (exact) mass is 357 g/mol. The standard InChI is InChI=1S/C21H15N3OS/c1-2-5-16(6-3-1)9-10-17-7-4-8-19(13-17)22-14-20-23-21(24-25-20)18-11-12-26-15-18/h1-8,11-13,15,22H,14H2. The molecule has 0 bridgehead atoms. The molecule has 0 fully saturated rings. The number of rotatable bonds is 4. The molecule has 4 aromatic rings. The molecule has 26 heavy (non-hydrogen) atoms. The van der Waals surface area contributed by atoms with Crippen LogP contribution in [0.5, 0.6) is 0 Å². The third-order valence-electron chi connectivity index (χ3n) is 3.68. The fourth-order valence-corrected chi connectivity index (χ4v) is 3.02. The highest BCUT2D eigenvalue weighted by Gasteiger charge is 2.08. The maximum atomic E-state index is 5.30. The summed E-state index contributed by atoms with van der Waals surface area (Å²) in [4.78, 5) is 4.40. The van der Waals surface area contributed by atoms with Gasteiger partial charge in [-0.25, -0.2) is 0 Å². The predicted octanol–water partition coefficient (Wildman–Crippen LogP) is 4.81. The molecule has 0 saturated heterocycles. The molecule has 0 aliphatic carbocycles. The second-order valence-electron chi connectivity index (χ2n) is 5.57. The Morgan fingerprint density at radius 2 is 1.81 bits per heavy atom. The van der Waals surface area contributed by atoms with E-state index in [1.54, 1.807) is 11.3 Å². The Labute approximate surface area is 155 Å². The molecule has 0 unspecified atom stereocenters. The van der Waals surface area contributed by atoms with Gasteiger partial charge in [0.1, 0.15) is 0 Å². The second kappa shape index (κ2) is 7.68. The predicted molar refractivity (Wildman–Crippen MR) is 104 cm³/mol. The molecule has 0 amide bonds. The van der Waals surface area contributed by atoms with Crippen LogP contribution < -0.4 is 5.32 Å². The van der Waals surface area contributed by atoms with Crippen molar-refractivity contribution in [1.29, 1.82) is 0 Å². The first-order valence-corrected chi connectivity index (χ1v) is 9.07. The average Bonchev–Trinajstić information content (AvgIpc) is 3.37. The van der Waals surface area contributed by atoms with Gasteiger partial charge in [-0.2, -0.15) is 16.3 Å². The Morgan fingerprint density at radius 1 is 0.962 bits per heavy atom. The zero-order valence-corrected chi connectivity index (χ0v) is 14.7. The molecule has 0 spiro atoms. The van der Waals surface area contributed by atoms with Crippen LogP contribution >= 0.6 is 11.3 Å².